The van der Waals surface area contributed by atoms with E-state index in [1.807, 2.05) is 6.92 Å². The summed E-state index contributed by atoms with van der Waals surface area (Å²) >= 11 is 0.700. The Hall–Kier alpha value is -3.33. The van der Waals surface area contributed by atoms with Crippen LogP contribution in [0.2, 0.25) is 0 Å². The molecular weight excluding hydrogens is 398 g/mol. The minimum atomic E-state index is -1.05. The number of esters is 1. The second-order valence-electron chi connectivity index (χ2n) is 6.29. The lowest BCUT2D eigenvalue weighted by Gasteiger charge is -2.18. The number of carbonyl (C=O) groups excluding carboxylic acids is 3. The Bertz CT molecular complexity index is 1050. The molecule has 2 amide bonds. The van der Waals surface area contributed by atoms with E-state index >= 15 is 0 Å². The number of rotatable bonds is 5. The summed E-state index contributed by atoms with van der Waals surface area (Å²) in [5.74, 6) is -1.61. The van der Waals surface area contributed by atoms with E-state index in [0.29, 0.717) is 28.8 Å². The number of aromatic carboxylic acids is 1. The van der Waals surface area contributed by atoms with Gasteiger partial charge in [0.05, 0.1) is 17.6 Å². The van der Waals surface area contributed by atoms with Gasteiger partial charge in [-0.1, -0.05) is 6.07 Å². The molecule has 3 rings (SSSR count). The topological polar surface area (TPSA) is 114 Å². The van der Waals surface area contributed by atoms with Crippen LogP contribution in [0, 0.1) is 6.92 Å². The lowest BCUT2D eigenvalue weighted by molar-refractivity contribution is -0.148. The maximum Gasteiger partial charge on any atom is 0.335 e. The van der Waals surface area contributed by atoms with Crippen LogP contribution in [0.5, 0.6) is 0 Å². The third-order valence-corrected chi connectivity index (χ3v) is 5.29. The van der Waals surface area contributed by atoms with E-state index in [9.17, 15) is 24.3 Å². The van der Waals surface area contributed by atoms with E-state index in [2.05, 4.69) is 4.74 Å². The molecule has 1 aliphatic heterocycles. The number of hydrogen-bond acceptors (Lipinski definition) is 7. The zero-order valence-corrected chi connectivity index (χ0v) is 16.6. The maximum absolute atomic E-state index is 12.5. The van der Waals surface area contributed by atoms with Crippen LogP contribution >= 0.6 is 11.8 Å². The third-order valence-electron chi connectivity index (χ3n) is 4.40. The number of nitrogens with zero attached hydrogens (tertiary/aromatic N) is 1. The van der Waals surface area contributed by atoms with Crippen LogP contribution in [0.15, 0.2) is 39.7 Å². The SMILES string of the molecule is COC(=O)C(C)N1C(=O)S/C(=C/c2ccc(-c3cc(C(=O)O)ccc3C)o2)C1=O. The largest absolute Gasteiger partial charge is 0.478 e. The Morgan fingerprint density at radius 1 is 1.24 bits per heavy atom. The zero-order valence-electron chi connectivity index (χ0n) is 15.8. The Kier molecular flexibility index (Phi) is 5.60. The lowest BCUT2D eigenvalue weighted by atomic mass is 10.0. The number of methoxy groups -OCH3 is 1. The first-order valence-corrected chi connectivity index (χ1v) is 9.33. The number of thioether (sulfide) groups is 1. The summed E-state index contributed by atoms with van der Waals surface area (Å²) in [7, 11) is 1.18. The number of carboxylic acids is 1. The van der Waals surface area contributed by atoms with E-state index in [4.69, 9.17) is 4.42 Å². The van der Waals surface area contributed by atoms with E-state index in [0.717, 1.165) is 10.5 Å². The van der Waals surface area contributed by atoms with Gasteiger partial charge in [-0.15, -0.1) is 0 Å². The van der Waals surface area contributed by atoms with E-state index in [1.165, 1.54) is 32.2 Å². The molecule has 0 radical (unpaired) electrons. The predicted molar refractivity (Wildman–Crippen MR) is 105 cm³/mol. The molecular formula is C20H17NO7S. The van der Waals surface area contributed by atoms with Gasteiger partial charge in [-0.3, -0.25) is 14.5 Å². The minimum absolute atomic E-state index is 0.114. The van der Waals surface area contributed by atoms with Crippen LogP contribution in [0.1, 0.15) is 28.6 Å². The van der Waals surface area contributed by atoms with Gasteiger partial charge in [-0.05, 0) is 55.4 Å². The van der Waals surface area contributed by atoms with Crippen molar-refractivity contribution in [1.82, 2.24) is 4.90 Å². The standard InChI is InChI=1S/C20H17NO7S/c1-10-4-5-12(18(23)24)8-14(10)15-7-6-13(28-15)9-16-17(22)21(20(26)29-16)11(2)19(25)27-3/h4-9,11H,1-3H3,(H,23,24)/b16-9+. The minimum Gasteiger partial charge on any atom is -0.478 e. The smallest absolute Gasteiger partial charge is 0.335 e. The molecule has 2 aromatic rings. The highest BCUT2D eigenvalue weighted by atomic mass is 32.2. The number of hydrogen-bond donors (Lipinski definition) is 1. The van der Waals surface area contributed by atoms with Crippen molar-refractivity contribution in [2.75, 3.05) is 7.11 Å². The van der Waals surface area contributed by atoms with Crippen LogP contribution in [-0.2, 0) is 14.3 Å². The Morgan fingerprint density at radius 2 is 1.97 bits per heavy atom. The van der Waals surface area contributed by atoms with Crippen molar-refractivity contribution in [3.8, 4) is 11.3 Å². The van der Waals surface area contributed by atoms with E-state index < -0.39 is 29.1 Å². The maximum atomic E-state index is 12.5. The number of furan rings is 1. The molecule has 1 atom stereocenters. The second-order valence-corrected chi connectivity index (χ2v) is 7.28. The Morgan fingerprint density at radius 3 is 2.62 bits per heavy atom. The first kappa shape index (κ1) is 20.4. The van der Waals surface area contributed by atoms with E-state index in [-0.39, 0.29) is 10.5 Å². The molecule has 1 N–H and O–H groups in total. The fourth-order valence-corrected chi connectivity index (χ4v) is 3.70. The lowest BCUT2D eigenvalue weighted by Crippen LogP contribution is -2.42. The highest BCUT2D eigenvalue weighted by molar-refractivity contribution is 8.18. The predicted octanol–water partition coefficient (Wildman–Crippen LogP) is 3.55. The number of carboxylic acid groups (broad SMARTS) is 1. The zero-order chi connectivity index (χ0) is 21.3. The van der Waals surface area contributed by atoms with Gasteiger partial charge >= 0.3 is 11.9 Å². The third kappa shape index (κ3) is 3.95. The highest BCUT2D eigenvalue weighted by Gasteiger charge is 2.41. The average molecular weight is 415 g/mol. The Labute approximate surface area is 170 Å². The summed E-state index contributed by atoms with van der Waals surface area (Å²) < 4.78 is 10.3. The van der Waals surface area contributed by atoms with Crippen molar-refractivity contribution in [2.45, 2.75) is 19.9 Å². The summed E-state index contributed by atoms with van der Waals surface area (Å²) in [6.07, 6.45) is 1.41. The van der Waals surface area contributed by atoms with Gasteiger partial charge in [0, 0.05) is 11.6 Å². The van der Waals surface area contributed by atoms with Crippen LogP contribution in [0.4, 0.5) is 4.79 Å². The van der Waals surface area contributed by atoms with Crippen LogP contribution in [0.25, 0.3) is 17.4 Å². The quantitative estimate of drug-likeness (QED) is 0.582. The fraction of sp³-hybridized carbons (Fsp3) is 0.200. The normalized spacial score (nSPS) is 16.4. The van der Waals surface area contributed by atoms with E-state index in [1.54, 1.807) is 18.2 Å². The summed E-state index contributed by atoms with van der Waals surface area (Å²) in [5, 5.41) is 8.60. The van der Waals surface area contributed by atoms with Crippen molar-refractivity contribution in [1.29, 1.82) is 0 Å². The number of imide groups is 1. The fourth-order valence-electron chi connectivity index (χ4n) is 2.81. The molecule has 0 spiro atoms. The molecule has 0 aliphatic carbocycles. The number of ether oxygens (including phenoxy) is 1. The van der Waals surface area contributed by atoms with Crippen molar-refractivity contribution in [3.05, 3.63) is 52.1 Å². The summed E-state index contributed by atoms with van der Waals surface area (Å²) in [6, 6.07) is 6.92. The molecule has 1 fully saturated rings. The van der Waals surface area contributed by atoms with Gasteiger partial charge in [0.1, 0.15) is 17.6 Å². The molecule has 1 aliphatic rings. The second kappa shape index (κ2) is 7.96. The number of carbonyl (C=O) groups is 4. The van der Waals surface area contributed by atoms with Crippen LogP contribution < -0.4 is 0 Å². The average Bonchev–Trinajstić information content (AvgIpc) is 3.25. The van der Waals surface area contributed by atoms with Crippen molar-refractivity contribution in [2.24, 2.45) is 0 Å². The summed E-state index contributed by atoms with van der Waals surface area (Å²) in [6.45, 7) is 3.23. The monoisotopic (exact) mass is 415 g/mol. The summed E-state index contributed by atoms with van der Waals surface area (Å²) in [5.41, 5.74) is 1.56. The van der Waals surface area contributed by atoms with Gasteiger partial charge in [0.25, 0.3) is 11.1 Å². The highest BCUT2D eigenvalue weighted by Crippen LogP contribution is 2.35. The van der Waals surface area contributed by atoms with Gasteiger partial charge in [-0.25, -0.2) is 9.59 Å². The van der Waals surface area contributed by atoms with Crippen molar-refractivity contribution < 1.29 is 33.4 Å². The first-order chi connectivity index (χ1) is 13.7. The van der Waals surface area contributed by atoms with Crippen LogP contribution in [-0.4, -0.2) is 46.2 Å². The molecule has 2 heterocycles. The molecule has 1 aromatic heterocycles. The van der Waals surface area contributed by atoms with Crippen LogP contribution in [0.3, 0.4) is 0 Å². The van der Waals surface area contributed by atoms with Crippen molar-refractivity contribution in [3.63, 3.8) is 0 Å². The van der Waals surface area contributed by atoms with Gasteiger partial charge in [0.2, 0.25) is 0 Å². The number of aryl methyl sites for hydroxylation is 1. The van der Waals surface area contributed by atoms with Gasteiger partial charge < -0.3 is 14.3 Å². The molecule has 8 nitrogen and oxygen atoms in total. The molecule has 150 valence electrons. The molecule has 9 heteroatoms. The molecule has 0 bridgehead atoms. The molecule has 0 saturated carbocycles. The number of benzene rings is 1. The van der Waals surface area contributed by atoms with Gasteiger partial charge in [0.15, 0.2) is 0 Å². The number of amides is 2. The molecule has 29 heavy (non-hydrogen) atoms. The summed E-state index contributed by atoms with van der Waals surface area (Å²) in [4.78, 5) is 48.5. The molecule has 1 saturated heterocycles. The molecule has 1 aromatic carbocycles. The Balaban J connectivity index is 1.89. The molecule has 1 unspecified atom stereocenters. The van der Waals surface area contributed by atoms with Gasteiger partial charge in [-0.2, -0.15) is 0 Å². The first-order valence-electron chi connectivity index (χ1n) is 8.52. The van der Waals surface area contributed by atoms with Crippen molar-refractivity contribution >= 4 is 40.9 Å².